The minimum Gasteiger partial charge on any atom is -0.461 e. The molecule has 4 fully saturated rings. The fraction of sp³-hybridized carbons (Fsp3) is 0.571. The Balaban J connectivity index is 1.30. The van der Waals surface area contributed by atoms with Crippen LogP contribution in [-0.2, 0) is 4.79 Å². The second kappa shape index (κ2) is 8.07. The van der Waals surface area contributed by atoms with Gasteiger partial charge in [0.15, 0.2) is 16.8 Å². The summed E-state index contributed by atoms with van der Waals surface area (Å²) in [5.41, 5.74) is 1.53. The number of rotatable bonds is 4. The number of hydrogen-bond acceptors (Lipinski definition) is 9. The molecule has 0 radical (unpaired) electrons. The standard InChI is InChI=1S/C21H23ClF2N8O3/c22-15-13(24)14-12(7-25-15)16(32-5-3-21(9-26-32)17(33)29-18(34)30-21)28-19(27-14)35-10-20-2-1-4-31(20)8-11(23)6-20/h7,11,26H,1-6,8-10H2,(H2,29,30,33,34)/t11-,20+,21?/m1/s1. The average molecular weight is 509 g/mol. The molecule has 1 unspecified atom stereocenters. The predicted molar refractivity (Wildman–Crippen MR) is 120 cm³/mol. The first kappa shape index (κ1) is 22.6. The highest BCUT2D eigenvalue weighted by Gasteiger charge is 2.50. The van der Waals surface area contributed by atoms with Gasteiger partial charge in [-0.25, -0.2) is 24.0 Å². The summed E-state index contributed by atoms with van der Waals surface area (Å²) in [5.74, 6) is -0.920. The number of pyridine rings is 1. The lowest BCUT2D eigenvalue weighted by Crippen LogP contribution is -2.63. The number of alkyl halides is 1. The normalized spacial score (nSPS) is 30.7. The van der Waals surface area contributed by atoms with Crippen molar-refractivity contribution in [1.82, 2.24) is 35.9 Å². The SMILES string of the molecule is O=C1NC(=O)C2(CCN(c3nc(OC[C@@]45CCCN4C[C@H](F)C5)nc4c(F)c(Cl)ncc34)NC2)N1. The highest BCUT2D eigenvalue weighted by Crippen LogP contribution is 2.40. The topological polar surface area (TPSA) is 125 Å². The van der Waals surface area contributed by atoms with Crippen molar-refractivity contribution in [2.24, 2.45) is 0 Å². The fourth-order valence-electron chi connectivity index (χ4n) is 5.63. The van der Waals surface area contributed by atoms with Gasteiger partial charge in [0.2, 0.25) is 0 Å². The zero-order valence-electron chi connectivity index (χ0n) is 18.6. The van der Waals surface area contributed by atoms with Gasteiger partial charge in [0.25, 0.3) is 5.91 Å². The van der Waals surface area contributed by atoms with Crippen molar-refractivity contribution in [3.05, 3.63) is 17.2 Å². The van der Waals surface area contributed by atoms with E-state index in [-0.39, 0.29) is 36.4 Å². The maximum Gasteiger partial charge on any atom is 0.322 e. The zero-order valence-corrected chi connectivity index (χ0v) is 19.4. The average Bonchev–Trinajstić information content (AvgIpc) is 3.44. The molecule has 186 valence electrons. The smallest absolute Gasteiger partial charge is 0.322 e. The van der Waals surface area contributed by atoms with Crippen LogP contribution in [0.2, 0.25) is 5.15 Å². The number of ether oxygens (including phenoxy) is 1. The molecule has 0 saturated carbocycles. The molecule has 11 nitrogen and oxygen atoms in total. The first-order chi connectivity index (χ1) is 16.8. The number of halogens is 3. The van der Waals surface area contributed by atoms with Gasteiger partial charge in [-0.15, -0.1) is 0 Å². The van der Waals surface area contributed by atoms with Crippen LogP contribution < -0.4 is 25.8 Å². The summed E-state index contributed by atoms with van der Waals surface area (Å²) in [4.78, 5) is 38.7. The molecule has 3 atom stereocenters. The van der Waals surface area contributed by atoms with E-state index in [0.29, 0.717) is 30.6 Å². The minimum absolute atomic E-state index is 0.0606. The van der Waals surface area contributed by atoms with Gasteiger partial charge in [-0.3, -0.25) is 20.0 Å². The third kappa shape index (κ3) is 3.64. The van der Waals surface area contributed by atoms with E-state index in [1.807, 2.05) is 0 Å². The molecule has 2 aromatic rings. The van der Waals surface area contributed by atoms with E-state index in [4.69, 9.17) is 16.3 Å². The van der Waals surface area contributed by atoms with Gasteiger partial charge in [-0.1, -0.05) is 11.6 Å². The highest BCUT2D eigenvalue weighted by molar-refractivity contribution is 6.30. The number of imide groups is 1. The summed E-state index contributed by atoms with van der Waals surface area (Å²) in [6, 6.07) is -0.608. The van der Waals surface area contributed by atoms with Crippen LogP contribution in [-0.4, -0.2) is 81.8 Å². The maximum absolute atomic E-state index is 14.9. The van der Waals surface area contributed by atoms with Crippen molar-refractivity contribution < 1.29 is 23.1 Å². The molecule has 4 aliphatic rings. The molecule has 4 aliphatic heterocycles. The molecule has 14 heteroatoms. The molecule has 6 heterocycles. The third-order valence-corrected chi connectivity index (χ3v) is 7.70. The number of anilines is 1. The molecule has 6 rings (SSSR count). The van der Waals surface area contributed by atoms with Crippen molar-refractivity contribution in [2.75, 3.05) is 37.8 Å². The van der Waals surface area contributed by atoms with E-state index in [9.17, 15) is 18.4 Å². The number of hydrogen-bond donors (Lipinski definition) is 3. The van der Waals surface area contributed by atoms with Crippen molar-refractivity contribution in [3.63, 3.8) is 0 Å². The number of carbonyl (C=O) groups is 2. The van der Waals surface area contributed by atoms with E-state index >= 15 is 0 Å². The van der Waals surface area contributed by atoms with E-state index in [1.54, 1.807) is 5.01 Å². The largest absolute Gasteiger partial charge is 0.461 e. The van der Waals surface area contributed by atoms with Crippen LogP contribution in [0.5, 0.6) is 6.01 Å². The van der Waals surface area contributed by atoms with Crippen LogP contribution in [0.25, 0.3) is 10.9 Å². The Bertz CT molecular complexity index is 1230. The predicted octanol–water partition coefficient (Wildman–Crippen LogP) is 1.07. The number of fused-ring (bicyclic) bond motifs is 2. The molecule has 0 aliphatic carbocycles. The van der Waals surface area contributed by atoms with Crippen LogP contribution in [0.15, 0.2) is 6.20 Å². The Morgan fingerprint density at radius 3 is 2.86 bits per heavy atom. The second-order valence-electron chi connectivity index (χ2n) is 9.55. The molecule has 35 heavy (non-hydrogen) atoms. The summed E-state index contributed by atoms with van der Waals surface area (Å²) >= 11 is 5.91. The van der Waals surface area contributed by atoms with Crippen LogP contribution in [0.3, 0.4) is 0 Å². The molecule has 0 aromatic carbocycles. The molecule has 3 N–H and O–H groups in total. The van der Waals surface area contributed by atoms with E-state index in [0.717, 1.165) is 19.4 Å². The van der Waals surface area contributed by atoms with Gasteiger partial charge < -0.3 is 10.1 Å². The Labute approximate surface area is 203 Å². The van der Waals surface area contributed by atoms with Gasteiger partial charge in [0.05, 0.1) is 10.9 Å². The summed E-state index contributed by atoms with van der Waals surface area (Å²) in [7, 11) is 0. The Morgan fingerprint density at radius 2 is 2.11 bits per heavy atom. The Kier molecular flexibility index (Phi) is 5.20. The fourth-order valence-corrected chi connectivity index (χ4v) is 5.77. The lowest BCUT2D eigenvalue weighted by atomic mass is 9.94. The quantitative estimate of drug-likeness (QED) is 0.411. The van der Waals surface area contributed by atoms with Gasteiger partial charge in [-0.2, -0.15) is 9.97 Å². The number of nitrogens with one attached hydrogen (secondary N) is 3. The van der Waals surface area contributed by atoms with Crippen molar-refractivity contribution in [3.8, 4) is 6.01 Å². The highest BCUT2D eigenvalue weighted by atomic mass is 35.5. The van der Waals surface area contributed by atoms with Gasteiger partial charge >= 0.3 is 12.0 Å². The maximum atomic E-state index is 14.9. The van der Waals surface area contributed by atoms with Gasteiger partial charge in [0, 0.05) is 38.7 Å². The van der Waals surface area contributed by atoms with Crippen molar-refractivity contribution in [2.45, 2.75) is 42.9 Å². The Hall–Kier alpha value is -2.90. The van der Waals surface area contributed by atoms with Crippen LogP contribution in [0.1, 0.15) is 25.7 Å². The Morgan fingerprint density at radius 1 is 1.26 bits per heavy atom. The molecular weight excluding hydrogens is 486 g/mol. The summed E-state index contributed by atoms with van der Waals surface area (Å²) in [6.45, 7) is 1.75. The van der Waals surface area contributed by atoms with Crippen LogP contribution >= 0.6 is 11.6 Å². The molecule has 3 amide bonds. The minimum atomic E-state index is -1.07. The first-order valence-corrected chi connectivity index (χ1v) is 11.8. The monoisotopic (exact) mass is 508 g/mol. The summed E-state index contributed by atoms with van der Waals surface area (Å²) < 4.78 is 35.0. The van der Waals surface area contributed by atoms with E-state index in [1.165, 1.54) is 6.20 Å². The van der Waals surface area contributed by atoms with Crippen molar-refractivity contribution in [1.29, 1.82) is 0 Å². The van der Waals surface area contributed by atoms with E-state index < -0.39 is 35.0 Å². The number of amides is 3. The first-order valence-electron chi connectivity index (χ1n) is 11.5. The third-order valence-electron chi connectivity index (χ3n) is 7.44. The summed E-state index contributed by atoms with van der Waals surface area (Å²) in [5, 5.41) is 6.52. The van der Waals surface area contributed by atoms with Crippen LogP contribution in [0.4, 0.5) is 19.4 Å². The number of urea groups is 1. The van der Waals surface area contributed by atoms with Gasteiger partial charge in [0.1, 0.15) is 23.8 Å². The number of hydrazine groups is 1. The molecule has 4 saturated heterocycles. The number of carbonyl (C=O) groups excluding carboxylic acids is 2. The zero-order chi connectivity index (χ0) is 24.4. The molecule has 1 spiro atoms. The summed E-state index contributed by atoms with van der Waals surface area (Å²) in [6.07, 6.45) is 2.89. The molecular formula is C21H23ClF2N8O3. The molecule has 2 aromatic heterocycles. The van der Waals surface area contributed by atoms with E-state index in [2.05, 4.69) is 35.9 Å². The van der Waals surface area contributed by atoms with Crippen molar-refractivity contribution >= 4 is 40.3 Å². The van der Waals surface area contributed by atoms with Gasteiger partial charge in [-0.05, 0) is 19.4 Å². The second-order valence-corrected chi connectivity index (χ2v) is 9.90. The number of aromatic nitrogens is 3. The molecule has 0 bridgehead atoms. The number of nitrogens with zero attached hydrogens (tertiary/aromatic N) is 5. The lowest BCUT2D eigenvalue weighted by Gasteiger charge is -2.38. The lowest BCUT2D eigenvalue weighted by molar-refractivity contribution is -0.124. The van der Waals surface area contributed by atoms with Crippen LogP contribution in [0, 0.1) is 5.82 Å².